The van der Waals surface area contributed by atoms with E-state index in [1.807, 2.05) is 0 Å². The number of nitrogens with one attached hydrogen (secondary N) is 2. The van der Waals surface area contributed by atoms with Crippen LogP contribution in [-0.2, 0) is 12.7 Å². The maximum atomic E-state index is 13.4. The molecule has 38 heavy (non-hydrogen) atoms. The van der Waals surface area contributed by atoms with Crippen molar-refractivity contribution in [2.75, 3.05) is 11.9 Å². The van der Waals surface area contributed by atoms with Gasteiger partial charge in [0.05, 0.1) is 16.9 Å². The Morgan fingerprint density at radius 2 is 1.92 bits per heavy atom. The van der Waals surface area contributed by atoms with E-state index in [1.165, 1.54) is 30.5 Å². The molecule has 0 saturated carbocycles. The number of nitrogens with zero attached hydrogens (tertiary/aromatic N) is 7. The Hall–Kier alpha value is -4.53. The van der Waals surface area contributed by atoms with Crippen molar-refractivity contribution in [3.05, 3.63) is 69.9 Å². The highest BCUT2D eigenvalue weighted by Gasteiger charge is 2.37. The molecule has 0 fully saturated rings. The monoisotopic (exact) mass is 549 g/mol. The molecule has 4 rings (SSSR count). The zero-order valence-electron chi connectivity index (χ0n) is 19.8. The van der Waals surface area contributed by atoms with Crippen LogP contribution in [0.4, 0.5) is 18.9 Å². The Balaban J connectivity index is 1.74. The predicted octanol–water partition coefficient (Wildman–Crippen LogP) is 2.99. The minimum Gasteiger partial charge on any atom is -0.504 e. The third-order valence-electron chi connectivity index (χ3n) is 5.09. The second-order valence-electron chi connectivity index (χ2n) is 7.88. The molecule has 0 aliphatic rings. The number of anilines is 1. The van der Waals surface area contributed by atoms with Crippen molar-refractivity contribution in [1.82, 2.24) is 40.3 Å². The molecular weight excluding hydrogens is 531 g/mol. The molecule has 0 radical (unpaired) electrons. The number of rotatable bonds is 7. The molecule has 1 aromatic carbocycles. The first kappa shape index (κ1) is 26.5. The summed E-state index contributed by atoms with van der Waals surface area (Å²) >= 11 is 6.12. The second kappa shape index (κ2) is 10.5. The normalized spacial score (nSPS) is 11.4. The lowest BCUT2D eigenvalue weighted by Gasteiger charge is -2.15. The molecule has 0 atom stereocenters. The summed E-state index contributed by atoms with van der Waals surface area (Å²) < 4.78 is 39.6. The van der Waals surface area contributed by atoms with E-state index in [0.717, 1.165) is 4.68 Å². The van der Waals surface area contributed by atoms with E-state index in [-0.39, 0.29) is 45.8 Å². The van der Waals surface area contributed by atoms with Crippen molar-refractivity contribution in [3.8, 4) is 11.6 Å². The minimum atomic E-state index is -4.79. The Kier molecular flexibility index (Phi) is 7.30. The van der Waals surface area contributed by atoms with Crippen LogP contribution < -0.4 is 10.6 Å². The summed E-state index contributed by atoms with van der Waals surface area (Å²) in [6.45, 7) is 3.33. The number of hydrogen-bond donors (Lipinski definition) is 3. The smallest absolute Gasteiger partial charge is 0.455 e. The SMILES string of the molecule is CCNC(=O)c1cc(Cl)cc(C)c1NC(=O)c1cc(Cn2nnc(C(F)(F)F)n2)nn1-c1ncccc1O. The van der Waals surface area contributed by atoms with E-state index in [4.69, 9.17) is 11.6 Å². The molecular formula is C22H19ClF3N9O3. The molecule has 2 amide bonds. The van der Waals surface area contributed by atoms with Gasteiger partial charge in [0.25, 0.3) is 17.6 Å². The molecule has 0 spiro atoms. The molecule has 0 unspecified atom stereocenters. The molecule has 198 valence electrons. The number of alkyl halides is 3. The van der Waals surface area contributed by atoms with Gasteiger partial charge in [0.2, 0.25) is 0 Å². The molecule has 0 bridgehead atoms. The summed E-state index contributed by atoms with van der Waals surface area (Å²) in [4.78, 5) is 30.8. The van der Waals surface area contributed by atoms with Crippen molar-refractivity contribution in [1.29, 1.82) is 0 Å². The van der Waals surface area contributed by atoms with Crippen molar-refractivity contribution >= 4 is 29.1 Å². The highest BCUT2D eigenvalue weighted by Crippen LogP contribution is 2.28. The number of benzene rings is 1. The second-order valence-corrected chi connectivity index (χ2v) is 8.32. The van der Waals surface area contributed by atoms with Gasteiger partial charge in [0, 0.05) is 17.8 Å². The fourth-order valence-electron chi connectivity index (χ4n) is 3.47. The molecule has 12 nitrogen and oxygen atoms in total. The number of aryl methyl sites for hydroxylation is 1. The summed E-state index contributed by atoms with van der Waals surface area (Å²) in [6.07, 6.45) is -3.44. The van der Waals surface area contributed by atoms with Crippen LogP contribution in [0.1, 0.15) is 44.9 Å². The number of aromatic hydroxyl groups is 1. The third-order valence-corrected chi connectivity index (χ3v) is 5.31. The fraction of sp³-hybridized carbons (Fsp3) is 0.227. The minimum absolute atomic E-state index is 0.0584. The lowest BCUT2D eigenvalue weighted by molar-refractivity contribution is -0.145. The van der Waals surface area contributed by atoms with Gasteiger partial charge in [-0.3, -0.25) is 9.59 Å². The standard InChI is InChI=1S/C22H19ClF3N9O3/c1-3-27-19(37)14-8-12(23)7-11(2)17(14)29-20(38)15-9-13(10-34-32-21(30-33-34)22(24,25)26)31-35(15)18-16(36)5-4-6-28-18/h4-9,36H,3,10H2,1-2H3,(H,27,37)(H,29,38). The lowest BCUT2D eigenvalue weighted by Crippen LogP contribution is -2.26. The van der Waals surface area contributed by atoms with E-state index in [9.17, 15) is 27.9 Å². The topological polar surface area (TPSA) is 153 Å². The van der Waals surface area contributed by atoms with Gasteiger partial charge in [-0.1, -0.05) is 11.6 Å². The Labute approximate surface area is 217 Å². The maximum Gasteiger partial charge on any atom is 0.455 e. The first-order valence-corrected chi connectivity index (χ1v) is 11.3. The van der Waals surface area contributed by atoms with Crippen LogP contribution in [0.3, 0.4) is 0 Å². The Bertz CT molecular complexity index is 1520. The summed E-state index contributed by atoms with van der Waals surface area (Å²) in [7, 11) is 0. The van der Waals surface area contributed by atoms with Crippen LogP contribution in [0, 0.1) is 6.92 Å². The van der Waals surface area contributed by atoms with Crippen molar-refractivity contribution < 1.29 is 27.9 Å². The highest BCUT2D eigenvalue weighted by atomic mass is 35.5. The Morgan fingerprint density at radius 3 is 2.58 bits per heavy atom. The summed E-state index contributed by atoms with van der Waals surface area (Å²) in [5.74, 6) is -3.10. The van der Waals surface area contributed by atoms with E-state index in [0.29, 0.717) is 16.9 Å². The van der Waals surface area contributed by atoms with Gasteiger partial charge < -0.3 is 15.7 Å². The molecule has 3 aromatic heterocycles. The zero-order chi connectivity index (χ0) is 27.6. The van der Waals surface area contributed by atoms with Gasteiger partial charge in [-0.25, -0.2) is 9.67 Å². The van der Waals surface area contributed by atoms with Gasteiger partial charge in [-0.15, -0.1) is 10.2 Å². The van der Waals surface area contributed by atoms with Gasteiger partial charge in [0.15, 0.2) is 11.6 Å². The first-order chi connectivity index (χ1) is 18.0. The molecule has 3 heterocycles. The largest absolute Gasteiger partial charge is 0.504 e. The summed E-state index contributed by atoms with van der Waals surface area (Å²) in [6, 6.07) is 6.99. The number of tetrazole rings is 1. The molecule has 16 heteroatoms. The number of hydrogen-bond acceptors (Lipinski definition) is 8. The van der Waals surface area contributed by atoms with Crippen molar-refractivity contribution in [2.45, 2.75) is 26.6 Å². The van der Waals surface area contributed by atoms with Gasteiger partial charge in [-0.2, -0.15) is 23.1 Å². The lowest BCUT2D eigenvalue weighted by atomic mass is 10.1. The summed E-state index contributed by atoms with van der Waals surface area (Å²) in [5, 5.41) is 29.8. The number of carbonyl (C=O) groups is 2. The maximum absolute atomic E-state index is 13.4. The molecule has 0 saturated heterocycles. The highest BCUT2D eigenvalue weighted by molar-refractivity contribution is 6.31. The number of aromatic nitrogens is 7. The van der Waals surface area contributed by atoms with Crippen LogP contribution in [0.25, 0.3) is 5.82 Å². The Morgan fingerprint density at radius 1 is 1.16 bits per heavy atom. The third kappa shape index (κ3) is 5.56. The van der Waals surface area contributed by atoms with Crippen molar-refractivity contribution in [3.63, 3.8) is 0 Å². The van der Waals surface area contributed by atoms with Crippen LogP contribution in [0.15, 0.2) is 36.5 Å². The molecule has 3 N–H and O–H groups in total. The van der Waals surface area contributed by atoms with Crippen LogP contribution >= 0.6 is 11.6 Å². The molecule has 0 aliphatic heterocycles. The van der Waals surface area contributed by atoms with Gasteiger partial charge >= 0.3 is 6.18 Å². The van der Waals surface area contributed by atoms with Crippen LogP contribution in [-0.4, -0.2) is 58.4 Å². The number of pyridine rings is 1. The van der Waals surface area contributed by atoms with Crippen LogP contribution in [0.2, 0.25) is 5.02 Å². The van der Waals surface area contributed by atoms with Crippen LogP contribution in [0.5, 0.6) is 5.75 Å². The van der Waals surface area contributed by atoms with E-state index in [2.05, 4.69) is 36.1 Å². The number of halogens is 4. The van der Waals surface area contributed by atoms with Crippen molar-refractivity contribution in [2.24, 2.45) is 0 Å². The molecule has 4 aromatic rings. The van der Waals surface area contributed by atoms with E-state index in [1.54, 1.807) is 19.9 Å². The van der Waals surface area contributed by atoms with E-state index < -0.39 is 23.8 Å². The average molecular weight is 550 g/mol. The number of amides is 2. The quantitative estimate of drug-likeness (QED) is 0.318. The summed E-state index contributed by atoms with van der Waals surface area (Å²) in [5.41, 5.74) is 0.691. The van der Waals surface area contributed by atoms with Gasteiger partial charge in [0.1, 0.15) is 12.2 Å². The predicted molar refractivity (Wildman–Crippen MR) is 127 cm³/mol. The van der Waals surface area contributed by atoms with E-state index >= 15 is 0 Å². The fourth-order valence-corrected chi connectivity index (χ4v) is 3.75. The zero-order valence-corrected chi connectivity index (χ0v) is 20.5. The average Bonchev–Trinajstić information content (AvgIpc) is 3.49. The first-order valence-electron chi connectivity index (χ1n) is 11.0. The molecule has 0 aliphatic carbocycles. The van der Waals surface area contributed by atoms with Gasteiger partial charge in [-0.05, 0) is 55.0 Å². The number of carbonyl (C=O) groups excluding carboxylic acids is 2.